The molecule has 0 atom stereocenters. The van der Waals surface area contributed by atoms with E-state index in [9.17, 15) is 25.1 Å². The van der Waals surface area contributed by atoms with E-state index in [-0.39, 0.29) is 28.2 Å². The second kappa shape index (κ2) is 7.93. The van der Waals surface area contributed by atoms with Crippen molar-refractivity contribution in [3.8, 4) is 11.8 Å². The molecular weight excluding hydrogens is 442 g/mol. The number of carboxylic acid groups (broad SMARTS) is 2. The fourth-order valence-electron chi connectivity index (χ4n) is 3.30. The number of hydrogen-bond donors (Lipinski definition) is 3. The lowest BCUT2D eigenvalue weighted by Gasteiger charge is -2.15. The maximum Gasteiger partial charge on any atom is 0.335 e. The van der Waals surface area contributed by atoms with E-state index in [1.807, 2.05) is 26.8 Å². The van der Waals surface area contributed by atoms with Gasteiger partial charge in [0.2, 0.25) is 0 Å². The number of benzene rings is 1. The highest BCUT2D eigenvalue weighted by atomic mass is 16.4. The fourth-order valence-corrected chi connectivity index (χ4v) is 3.30. The SMILES string of the molecule is Cc1nn2nc(C(C)(C)C)c(/N=N/c3c(C#N)cnn3-c3cc(C(=O)O)cc(C(=O)O)c3)c2[nH]1. The molecule has 3 N–H and O–H groups in total. The van der Waals surface area contributed by atoms with Gasteiger partial charge in [0.25, 0.3) is 0 Å². The van der Waals surface area contributed by atoms with Crippen LogP contribution in [0.5, 0.6) is 0 Å². The van der Waals surface area contributed by atoms with Crippen molar-refractivity contribution in [3.63, 3.8) is 0 Å². The van der Waals surface area contributed by atoms with Crippen LogP contribution >= 0.6 is 0 Å². The summed E-state index contributed by atoms with van der Waals surface area (Å²) in [6.45, 7) is 7.63. The summed E-state index contributed by atoms with van der Waals surface area (Å²) < 4.78 is 2.58. The van der Waals surface area contributed by atoms with Crippen LogP contribution in [0.2, 0.25) is 0 Å². The largest absolute Gasteiger partial charge is 0.478 e. The highest BCUT2D eigenvalue weighted by Crippen LogP contribution is 2.35. The average Bonchev–Trinajstić information content (AvgIpc) is 3.43. The molecule has 0 fully saturated rings. The van der Waals surface area contributed by atoms with E-state index in [1.165, 1.54) is 23.0 Å². The predicted octanol–water partition coefficient (Wildman–Crippen LogP) is 3.53. The molecule has 0 saturated carbocycles. The molecule has 4 rings (SSSR count). The van der Waals surface area contributed by atoms with Gasteiger partial charge in [0.05, 0.1) is 28.7 Å². The van der Waals surface area contributed by atoms with Gasteiger partial charge in [0.15, 0.2) is 17.2 Å². The van der Waals surface area contributed by atoms with Gasteiger partial charge >= 0.3 is 11.9 Å². The Bertz CT molecular complexity index is 1490. The summed E-state index contributed by atoms with van der Waals surface area (Å²) in [7, 11) is 0. The molecule has 0 aliphatic carbocycles. The number of carbonyl (C=O) groups is 2. The number of H-pyrrole nitrogens is 1. The monoisotopic (exact) mass is 461 g/mol. The van der Waals surface area contributed by atoms with Gasteiger partial charge in [0, 0.05) is 5.41 Å². The van der Waals surface area contributed by atoms with E-state index in [1.54, 1.807) is 6.92 Å². The Morgan fingerprint density at radius 3 is 2.29 bits per heavy atom. The maximum absolute atomic E-state index is 11.5. The van der Waals surface area contributed by atoms with Crippen molar-refractivity contribution >= 4 is 29.1 Å². The lowest BCUT2D eigenvalue weighted by molar-refractivity contribution is 0.0696. The van der Waals surface area contributed by atoms with Crippen LogP contribution in [0.15, 0.2) is 34.6 Å². The number of rotatable bonds is 5. The van der Waals surface area contributed by atoms with Crippen LogP contribution in [-0.4, -0.2) is 51.7 Å². The Kier molecular flexibility index (Phi) is 5.21. The number of aromatic carboxylic acids is 2. The van der Waals surface area contributed by atoms with Gasteiger partial charge in [-0.1, -0.05) is 20.8 Å². The lowest BCUT2D eigenvalue weighted by Crippen LogP contribution is -2.12. The predicted molar refractivity (Wildman–Crippen MR) is 117 cm³/mol. The second-order valence-corrected chi connectivity index (χ2v) is 8.48. The van der Waals surface area contributed by atoms with E-state index >= 15 is 0 Å². The number of azo groups is 1. The van der Waals surface area contributed by atoms with E-state index in [2.05, 4.69) is 30.5 Å². The number of fused-ring (bicyclic) bond motifs is 1. The Morgan fingerprint density at radius 2 is 1.74 bits per heavy atom. The van der Waals surface area contributed by atoms with Crippen LogP contribution in [0.25, 0.3) is 11.3 Å². The minimum Gasteiger partial charge on any atom is -0.478 e. The zero-order valence-corrected chi connectivity index (χ0v) is 18.6. The minimum absolute atomic E-state index is 0.00294. The Labute approximate surface area is 192 Å². The second-order valence-electron chi connectivity index (χ2n) is 8.48. The molecule has 34 heavy (non-hydrogen) atoms. The van der Waals surface area contributed by atoms with Gasteiger partial charge in [0.1, 0.15) is 17.5 Å². The summed E-state index contributed by atoms with van der Waals surface area (Å²) in [6, 6.07) is 5.47. The minimum atomic E-state index is -1.31. The number of aromatic nitrogens is 6. The van der Waals surface area contributed by atoms with Gasteiger partial charge in [-0.25, -0.2) is 14.3 Å². The van der Waals surface area contributed by atoms with Gasteiger partial charge in [-0.2, -0.15) is 15.5 Å². The molecule has 0 radical (unpaired) electrons. The van der Waals surface area contributed by atoms with Crippen LogP contribution in [0, 0.1) is 18.3 Å². The van der Waals surface area contributed by atoms with Gasteiger partial charge in [-0.3, -0.25) is 0 Å². The van der Waals surface area contributed by atoms with Crippen LogP contribution < -0.4 is 0 Å². The highest BCUT2D eigenvalue weighted by molar-refractivity contribution is 5.94. The van der Waals surface area contributed by atoms with Crippen molar-refractivity contribution in [3.05, 3.63) is 52.6 Å². The normalized spacial score (nSPS) is 11.9. The van der Waals surface area contributed by atoms with Crippen molar-refractivity contribution in [2.45, 2.75) is 33.1 Å². The van der Waals surface area contributed by atoms with Crippen LogP contribution in [0.4, 0.5) is 11.5 Å². The third kappa shape index (κ3) is 3.88. The fraction of sp³-hybridized carbons (Fsp3) is 0.238. The van der Waals surface area contributed by atoms with Crippen molar-refractivity contribution in [1.29, 1.82) is 5.26 Å². The summed E-state index contributed by atoms with van der Waals surface area (Å²) in [5, 5.41) is 49.8. The summed E-state index contributed by atoms with van der Waals surface area (Å²) >= 11 is 0. The van der Waals surface area contributed by atoms with Crippen molar-refractivity contribution in [2.24, 2.45) is 10.2 Å². The zero-order chi connectivity index (χ0) is 24.8. The number of nitrogens with one attached hydrogen (secondary N) is 1. The Morgan fingerprint density at radius 1 is 1.09 bits per heavy atom. The van der Waals surface area contributed by atoms with Crippen molar-refractivity contribution in [1.82, 2.24) is 29.6 Å². The smallest absolute Gasteiger partial charge is 0.335 e. The molecular formula is C21H19N9O4. The molecule has 13 heteroatoms. The molecule has 13 nitrogen and oxygen atoms in total. The van der Waals surface area contributed by atoms with E-state index in [4.69, 9.17) is 0 Å². The van der Waals surface area contributed by atoms with E-state index < -0.39 is 17.4 Å². The molecule has 0 bridgehead atoms. The molecule has 3 aromatic heterocycles. The lowest BCUT2D eigenvalue weighted by atomic mass is 9.91. The molecule has 0 unspecified atom stereocenters. The first-order valence-electron chi connectivity index (χ1n) is 9.97. The summed E-state index contributed by atoms with van der Waals surface area (Å²) in [6.07, 6.45) is 1.24. The molecule has 1 aromatic carbocycles. The molecule has 0 spiro atoms. The zero-order valence-electron chi connectivity index (χ0n) is 18.6. The molecule has 0 saturated heterocycles. The maximum atomic E-state index is 11.5. The molecule has 0 aliphatic heterocycles. The summed E-state index contributed by atoms with van der Waals surface area (Å²) in [5.41, 5.74) is 0.777. The van der Waals surface area contributed by atoms with Gasteiger partial charge < -0.3 is 15.2 Å². The van der Waals surface area contributed by atoms with Crippen molar-refractivity contribution < 1.29 is 19.8 Å². The van der Waals surface area contributed by atoms with E-state index in [0.29, 0.717) is 22.9 Å². The van der Waals surface area contributed by atoms with Crippen LogP contribution in [-0.2, 0) is 5.41 Å². The van der Waals surface area contributed by atoms with Crippen LogP contribution in [0.1, 0.15) is 58.6 Å². The first-order chi connectivity index (χ1) is 16.0. The number of nitriles is 1. The molecule has 3 heterocycles. The quantitative estimate of drug-likeness (QED) is 0.376. The number of nitrogens with zero attached hydrogens (tertiary/aromatic N) is 8. The Balaban J connectivity index is 1.90. The Hall–Kier alpha value is -4.86. The van der Waals surface area contributed by atoms with Crippen LogP contribution in [0.3, 0.4) is 0 Å². The number of aromatic amines is 1. The summed E-state index contributed by atoms with van der Waals surface area (Å²) in [5.74, 6) is -2.01. The van der Waals surface area contributed by atoms with Crippen molar-refractivity contribution in [2.75, 3.05) is 0 Å². The topological polar surface area (TPSA) is 187 Å². The first-order valence-corrected chi connectivity index (χ1v) is 9.97. The van der Waals surface area contributed by atoms with Gasteiger partial charge in [-0.05, 0) is 25.1 Å². The average molecular weight is 461 g/mol. The molecule has 4 aromatic rings. The molecule has 172 valence electrons. The third-order valence-electron chi connectivity index (χ3n) is 4.86. The van der Waals surface area contributed by atoms with E-state index in [0.717, 1.165) is 10.7 Å². The number of carboxylic acids is 2. The third-order valence-corrected chi connectivity index (χ3v) is 4.86. The number of hydrogen-bond acceptors (Lipinski definition) is 8. The molecule has 0 aliphatic rings. The van der Waals surface area contributed by atoms with Gasteiger partial charge in [-0.15, -0.1) is 20.0 Å². The first kappa shape index (κ1) is 22.3. The standard InChI is InChI=1S/C21H19N9O4/c1-10-24-18-15(16(21(2,3)4)28-30(18)27-10)25-26-17-13(8-22)9-23-29(17)14-6-11(19(31)32)5-12(7-14)20(33)34/h5-7,9H,1-4H3,(H,24,27)(H,31,32)(H,33,34)/b26-25+. The molecule has 0 amide bonds. The summed E-state index contributed by atoms with van der Waals surface area (Å²) in [4.78, 5) is 26.1. The highest BCUT2D eigenvalue weighted by Gasteiger charge is 2.26. The number of aryl methyl sites for hydroxylation is 1.